The Morgan fingerprint density at radius 1 is 1.22 bits per heavy atom. The molecule has 1 heterocycles. The van der Waals surface area contributed by atoms with Crippen LogP contribution in [0.3, 0.4) is 0 Å². The van der Waals surface area contributed by atoms with E-state index in [1.165, 1.54) is 0 Å². The van der Waals surface area contributed by atoms with Crippen molar-refractivity contribution in [2.45, 2.75) is 12.8 Å². The maximum absolute atomic E-state index is 10.2. The summed E-state index contributed by atoms with van der Waals surface area (Å²) in [4.78, 5) is 20.5. The van der Waals surface area contributed by atoms with Gasteiger partial charge in [-0.1, -0.05) is 0 Å². The topological polar surface area (TPSA) is 57.6 Å². The Balaban J connectivity index is 0.000000640. The van der Waals surface area contributed by atoms with Crippen LogP contribution in [0.2, 0.25) is 0 Å². The third-order valence-electron chi connectivity index (χ3n) is 1.03. The summed E-state index contributed by atoms with van der Waals surface area (Å²) >= 11 is 0. The van der Waals surface area contributed by atoms with E-state index in [2.05, 4.69) is 0 Å². The average Bonchev–Trinajstić information content (AvgIpc) is 1.98. The van der Waals surface area contributed by atoms with E-state index in [0.717, 1.165) is 0 Å². The summed E-state index contributed by atoms with van der Waals surface area (Å²) in [5.41, 5.74) is 0. The van der Waals surface area contributed by atoms with Crippen molar-refractivity contribution in [3.05, 3.63) is 0 Å². The van der Waals surface area contributed by atoms with Gasteiger partial charge in [0, 0.05) is 34.6 Å². The first-order chi connectivity index (χ1) is 3.72. The largest absolute Gasteiger partial charge is 0.279 e. The van der Waals surface area contributed by atoms with Gasteiger partial charge in [-0.25, -0.2) is 0 Å². The first kappa shape index (κ1) is 8.81. The molecule has 1 N–H and O–H groups in total. The molecule has 5 heteroatoms. The molecule has 0 radical (unpaired) electrons. The summed E-state index contributed by atoms with van der Waals surface area (Å²) in [6.07, 6.45) is 0.296. The molecule has 0 atom stereocenters. The van der Waals surface area contributed by atoms with Crippen molar-refractivity contribution in [1.82, 2.24) is 5.06 Å². The Morgan fingerprint density at radius 2 is 1.56 bits per heavy atom. The summed E-state index contributed by atoms with van der Waals surface area (Å²) in [5.74, 6) is -1.01. The monoisotopic (exact) mass is 163 g/mol. The fourth-order valence-corrected chi connectivity index (χ4v) is 0.565. The van der Waals surface area contributed by atoms with Gasteiger partial charge >= 0.3 is 0 Å². The number of nitrogens with zero attached hydrogens (tertiary/aromatic N) is 1. The molecule has 0 saturated carbocycles. The van der Waals surface area contributed by atoms with Crippen LogP contribution in [0.5, 0.6) is 0 Å². The van der Waals surface area contributed by atoms with E-state index in [0.29, 0.717) is 0 Å². The minimum atomic E-state index is -0.505. The molecule has 1 rings (SSSR count). The van der Waals surface area contributed by atoms with Crippen LogP contribution in [0.1, 0.15) is 12.8 Å². The molecule has 2 amide bonds. The molecule has 1 fully saturated rings. The van der Waals surface area contributed by atoms with E-state index < -0.39 is 11.8 Å². The normalized spacial score (nSPS) is 18.1. The number of amides is 2. The smallest absolute Gasteiger partial charge is 0.253 e. The molecule has 0 aliphatic carbocycles. The van der Waals surface area contributed by atoms with Crippen molar-refractivity contribution in [2.75, 3.05) is 0 Å². The van der Waals surface area contributed by atoms with Gasteiger partial charge in [-0.3, -0.25) is 14.8 Å². The van der Waals surface area contributed by atoms with Crippen LogP contribution in [-0.4, -0.2) is 22.1 Å². The van der Waals surface area contributed by atoms with Gasteiger partial charge in [-0.05, 0) is 0 Å². The molecule has 48 valence electrons. The van der Waals surface area contributed by atoms with Crippen LogP contribution in [0, 0.1) is 0 Å². The van der Waals surface area contributed by atoms with Crippen LogP contribution in [0.25, 0.3) is 0 Å². The van der Waals surface area contributed by atoms with Crippen molar-refractivity contribution in [2.24, 2.45) is 0 Å². The Labute approximate surface area is 66.7 Å². The van der Waals surface area contributed by atoms with E-state index in [1.807, 2.05) is 0 Å². The van der Waals surface area contributed by atoms with Gasteiger partial charge in [-0.15, -0.1) is 0 Å². The van der Waals surface area contributed by atoms with E-state index in [4.69, 9.17) is 5.21 Å². The number of carbonyl (C=O) groups is 2. The summed E-state index contributed by atoms with van der Waals surface area (Å²) in [7, 11) is 0. The number of carbonyl (C=O) groups excluding carboxylic acids is 2. The van der Waals surface area contributed by atoms with Crippen LogP contribution in [0.4, 0.5) is 0 Å². The molecule has 1 aliphatic heterocycles. The zero-order chi connectivity index (χ0) is 6.15. The first-order valence-corrected chi connectivity index (χ1v) is 2.26. The maximum Gasteiger partial charge on any atom is 0.253 e. The number of imide groups is 1. The van der Waals surface area contributed by atoms with Crippen LogP contribution < -0.4 is 0 Å². The quantitative estimate of drug-likeness (QED) is 0.298. The second kappa shape index (κ2) is 3.10. The zero-order valence-electron chi connectivity index (χ0n) is 4.63. The molecule has 4 nitrogen and oxygen atoms in total. The van der Waals surface area contributed by atoms with Crippen molar-refractivity contribution < 1.29 is 36.5 Å². The molecule has 0 aromatic heterocycles. The van der Waals surface area contributed by atoms with E-state index in [9.17, 15) is 9.59 Å². The van der Waals surface area contributed by atoms with E-state index in [-0.39, 0.29) is 39.6 Å². The molecule has 0 unspecified atom stereocenters. The second-order valence-corrected chi connectivity index (χ2v) is 1.60. The standard InChI is InChI=1S/C4H5NO3.Ti/c6-3-1-2-4(7)5(3)8;/h8H,1-2H2;. The predicted octanol–water partition coefficient (Wildman–Crippen LogP) is -0.478. The summed E-state index contributed by atoms with van der Waals surface area (Å²) in [6.45, 7) is 0. The molecule has 1 aliphatic rings. The van der Waals surface area contributed by atoms with Gasteiger partial charge in [0.25, 0.3) is 11.8 Å². The minimum Gasteiger partial charge on any atom is -0.279 e. The molecule has 0 aromatic carbocycles. The second-order valence-electron chi connectivity index (χ2n) is 1.60. The van der Waals surface area contributed by atoms with Crippen molar-refractivity contribution in [1.29, 1.82) is 0 Å². The van der Waals surface area contributed by atoms with Crippen molar-refractivity contribution in [3.63, 3.8) is 0 Å². The number of rotatable bonds is 0. The van der Waals surface area contributed by atoms with Gasteiger partial charge < -0.3 is 0 Å². The first-order valence-electron chi connectivity index (χ1n) is 2.26. The summed E-state index contributed by atoms with van der Waals surface area (Å²) < 4.78 is 0. The third kappa shape index (κ3) is 1.61. The van der Waals surface area contributed by atoms with Gasteiger partial charge in [0.15, 0.2) is 0 Å². The number of hydroxylamine groups is 2. The molecular formula is C4H5NO3Ti. The fourth-order valence-electron chi connectivity index (χ4n) is 0.565. The Morgan fingerprint density at radius 3 is 1.67 bits per heavy atom. The van der Waals surface area contributed by atoms with Gasteiger partial charge in [0.05, 0.1) is 0 Å². The molecule has 1 saturated heterocycles. The Hall–Kier alpha value is -0.186. The van der Waals surface area contributed by atoms with Gasteiger partial charge in [0.1, 0.15) is 0 Å². The third-order valence-corrected chi connectivity index (χ3v) is 1.03. The summed E-state index contributed by atoms with van der Waals surface area (Å²) in [6, 6.07) is 0. The van der Waals surface area contributed by atoms with Crippen LogP contribution >= 0.6 is 0 Å². The van der Waals surface area contributed by atoms with E-state index in [1.54, 1.807) is 0 Å². The molecule has 0 spiro atoms. The van der Waals surface area contributed by atoms with Crippen molar-refractivity contribution >= 4 is 11.8 Å². The van der Waals surface area contributed by atoms with Gasteiger partial charge in [-0.2, -0.15) is 5.06 Å². The number of hydrogen-bond donors (Lipinski definition) is 1. The van der Waals surface area contributed by atoms with Crippen LogP contribution in [0.15, 0.2) is 0 Å². The predicted molar refractivity (Wildman–Crippen MR) is 22.9 cm³/mol. The molecule has 0 bridgehead atoms. The Bertz CT molecular complexity index is 131. The SMILES string of the molecule is O=C1CCC(=O)N1O.[Ti]. The Kier molecular flexibility index (Phi) is 3.04. The van der Waals surface area contributed by atoms with Crippen molar-refractivity contribution in [3.8, 4) is 0 Å². The molecule has 9 heavy (non-hydrogen) atoms. The minimum absolute atomic E-state index is 0. The fraction of sp³-hybridized carbons (Fsp3) is 0.500. The average molecular weight is 163 g/mol. The maximum atomic E-state index is 10.2. The zero-order valence-corrected chi connectivity index (χ0v) is 6.19. The molecule has 0 aromatic rings. The van der Waals surface area contributed by atoms with E-state index >= 15 is 0 Å². The van der Waals surface area contributed by atoms with Crippen LogP contribution in [-0.2, 0) is 31.3 Å². The molecular weight excluding hydrogens is 158 g/mol. The summed E-state index contributed by atoms with van der Waals surface area (Å²) in [5, 5.41) is 8.57. The number of hydrogen-bond acceptors (Lipinski definition) is 3. The van der Waals surface area contributed by atoms with Gasteiger partial charge in [0.2, 0.25) is 0 Å².